The summed E-state index contributed by atoms with van der Waals surface area (Å²) in [7, 11) is 0. The van der Waals surface area contributed by atoms with E-state index in [0.29, 0.717) is 13.2 Å². The van der Waals surface area contributed by atoms with Gasteiger partial charge in [-0.2, -0.15) is 0 Å². The summed E-state index contributed by atoms with van der Waals surface area (Å²) in [6, 6.07) is 13.9. The molecule has 2 N–H and O–H groups in total. The smallest absolute Gasteiger partial charge is 0.318 e. The number of rotatable bonds is 5. The van der Waals surface area contributed by atoms with Crippen molar-refractivity contribution in [2.24, 2.45) is 0 Å². The number of para-hydroxylation sites is 1. The number of benzene rings is 2. The zero-order chi connectivity index (χ0) is 24.4. The summed E-state index contributed by atoms with van der Waals surface area (Å²) in [4.78, 5) is 31.7. The van der Waals surface area contributed by atoms with Crippen LogP contribution in [0.2, 0.25) is 0 Å². The molecule has 35 heavy (non-hydrogen) atoms. The minimum Gasteiger partial charge on any atom is -0.466 e. The van der Waals surface area contributed by atoms with Crippen molar-refractivity contribution in [2.75, 3.05) is 13.2 Å². The highest BCUT2D eigenvalue weighted by molar-refractivity contribution is 5.86. The van der Waals surface area contributed by atoms with Gasteiger partial charge in [-0.25, -0.2) is 9.18 Å². The molecule has 0 spiro atoms. The number of aromatic nitrogens is 1. The Hall–Kier alpha value is -3.35. The molecule has 1 aliphatic carbocycles. The van der Waals surface area contributed by atoms with E-state index >= 15 is 0 Å². The number of carbonyl (C=O) groups excluding carboxylic acids is 2. The van der Waals surface area contributed by atoms with Crippen LogP contribution < -0.4 is 5.32 Å². The molecular formula is C28H32FN3O3. The van der Waals surface area contributed by atoms with E-state index in [1.165, 1.54) is 17.7 Å². The second-order valence-corrected chi connectivity index (χ2v) is 9.71. The predicted octanol–water partition coefficient (Wildman–Crippen LogP) is 5.62. The molecule has 0 saturated heterocycles. The highest BCUT2D eigenvalue weighted by Gasteiger charge is 2.40. The van der Waals surface area contributed by atoms with Gasteiger partial charge in [-0.1, -0.05) is 49.6 Å². The lowest BCUT2D eigenvalue weighted by Gasteiger charge is -2.42. The molecule has 0 bridgehead atoms. The van der Waals surface area contributed by atoms with Crippen molar-refractivity contribution >= 4 is 22.9 Å². The Kier molecular flexibility index (Phi) is 6.50. The summed E-state index contributed by atoms with van der Waals surface area (Å²) >= 11 is 0. The number of amides is 2. The number of halogens is 1. The Morgan fingerprint density at radius 3 is 2.60 bits per heavy atom. The van der Waals surface area contributed by atoms with E-state index in [0.717, 1.165) is 60.7 Å². The van der Waals surface area contributed by atoms with Gasteiger partial charge >= 0.3 is 12.0 Å². The number of fused-ring (bicyclic) bond motifs is 3. The molecule has 2 heterocycles. The summed E-state index contributed by atoms with van der Waals surface area (Å²) in [5, 5.41) is 4.42. The molecule has 7 heteroatoms. The van der Waals surface area contributed by atoms with Crippen LogP contribution in [0.15, 0.2) is 48.5 Å². The number of hydrogen-bond donors (Lipinski definition) is 2. The largest absolute Gasteiger partial charge is 0.466 e. The van der Waals surface area contributed by atoms with Gasteiger partial charge in [0.1, 0.15) is 5.82 Å². The minimum atomic E-state index is -0.602. The van der Waals surface area contributed by atoms with Crippen LogP contribution in [0.4, 0.5) is 9.18 Å². The summed E-state index contributed by atoms with van der Waals surface area (Å²) in [6.07, 6.45) is 5.43. The summed E-state index contributed by atoms with van der Waals surface area (Å²) in [5.41, 5.74) is 3.42. The molecule has 184 valence electrons. The Bertz CT molecular complexity index is 1210. The quantitative estimate of drug-likeness (QED) is 0.469. The number of nitrogens with zero attached hydrogens (tertiary/aromatic N) is 1. The number of H-pyrrole nitrogens is 1. The highest BCUT2D eigenvalue weighted by Crippen LogP contribution is 2.39. The number of carbonyl (C=O) groups is 2. The molecule has 2 aromatic carbocycles. The van der Waals surface area contributed by atoms with E-state index in [1.807, 2.05) is 23.1 Å². The third kappa shape index (κ3) is 4.64. The fourth-order valence-corrected chi connectivity index (χ4v) is 5.81. The van der Waals surface area contributed by atoms with Crippen LogP contribution in [-0.4, -0.2) is 40.6 Å². The first-order valence-corrected chi connectivity index (χ1v) is 12.6. The predicted molar refractivity (Wildman–Crippen MR) is 133 cm³/mol. The van der Waals surface area contributed by atoms with Crippen LogP contribution in [0.1, 0.15) is 68.3 Å². The van der Waals surface area contributed by atoms with Crippen molar-refractivity contribution in [1.82, 2.24) is 15.2 Å². The molecule has 1 aliphatic heterocycles. The van der Waals surface area contributed by atoms with Gasteiger partial charge in [-0.05, 0) is 55.5 Å². The highest BCUT2D eigenvalue weighted by atomic mass is 19.1. The maximum atomic E-state index is 13.9. The normalized spacial score (nSPS) is 19.3. The number of nitrogens with one attached hydrogen (secondary N) is 2. The molecule has 1 unspecified atom stereocenters. The first kappa shape index (κ1) is 23.4. The SMILES string of the molecule is CCOC(=O)CC1(NC(=O)N2CCc3c([nH]c4ccccc34)C2c2ccc(F)cc2)CCCCC1. The third-order valence-electron chi connectivity index (χ3n) is 7.45. The Morgan fingerprint density at radius 2 is 1.86 bits per heavy atom. The molecule has 5 rings (SSSR count). The summed E-state index contributed by atoms with van der Waals surface area (Å²) in [5.74, 6) is -0.589. The van der Waals surface area contributed by atoms with Crippen LogP contribution in [0.3, 0.4) is 0 Å². The average molecular weight is 478 g/mol. The van der Waals surface area contributed by atoms with Gasteiger partial charge in [-0.15, -0.1) is 0 Å². The van der Waals surface area contributed by atoms with Crippen LogP contribution in [0.5, 0.6) is 0 Å². The zero-order valence-electron chi connectivity index (χ0n) is 20.1. The van der Waals surface area contributed by atoms with Gasteiger partial charge < -0.3 is 19.9 Å². The molecule has 2 amide bonds. The Labute approximate surface area is 204 Å². The van der Waals surface area contributed by atoms with Gasteiger partial charge in [-0.3, -0.25) is 4.79 Å². The second kappa shape index (κ2) is 9.72. The number of ether oxygens (including phenoxy) is 1. The lowest BCUT2D eigenvalue weighted by Crippen LogP contribution is -2.56. The maximum absolute atomic E-state index is 13.9. The number of esters is 1. The van der Waals surface area contributed by atoms with Crippen LogP contribution >= 0.6 is 0 Å². The molecule has 0 radical (unpaired) electrons. The zero-order valence-corrected chi connectivity index (χ0v) is 20.1. The van der Waals surface area contributed by atoms with Crippen molar-refractivity contribution in [3.8, 4) is 0 Å². The minimum absolute atomic E-state index is 0.180. The van der Waals surface area contributed by atoms with E-state index in [9.17, 15) is 14.0 Å². The van der Waals surface area contributed by atoms with Crippen molar-refractivity contribution in [3.05, 3.63) is 71.2 Å². The van der Waals surface area contributed by atoms with Crippen LogP contribution in [0, 0.1) is 5.82 Å². The maximum Gasteiger partial charge on any atom is 0.318 e. The van der Waals surface area contributed by atoms with Crippen molar-refractivity contribution in [3.63, 3.8) is 0 Å². The second-order valence-electron chi connectivity index (χ2n) is 9.71. The molecule has 1 atom stereocenters. The van der Waals surface area contributed by atoms with Crippen LogP contribution in [0.25, 0.3) is 10.9 Å². The summed E-state index contributed by atoms with van der Waals surface area (Å²) in [6.45, 7) is 2.64. The Morgan fingerprint density at radius 1 is 1.11 bits per heavy atom. The molecule has 6 nitrogen and oxygen atoms in total. The molecule has 1 fully saturated rings. The number of hydrogen-bond acceptors (Lipinski definition) is 3. The third-order valence-corrected chi connectivity index (χ3v) is 7.45. The fourth-order valence-electron chi connectivity index (χ4n) is 5.81. The van der Waals surface area contributed by atoms with E-state index in [1.54, 1.807) is 19.1 Å². The first-order valence-electron chi connectivity index (χ1n) is 12.6. The van der Waals surface area contributed by atoms with E-state index in [-0.39, 0.29) is 30.3 Å². The number of urea groups is 1. The van der Waals surface area contributed by atoms with Crippen molar-refractivity contribution in [1.29, 1.82) is 0 Å². The van der Waals surface area contributed by atoms with Gasteiger partial charge in [0.25, 0.3) is 0 Å². The molecular weight excluding hydrogens is 445 g/mol. The lowest BCUT2D eigenvalue weighted by atomic mass is 9.79. The van der Waals surface area contributed by atoms with E-state index in [4.69, 9.17) is 4.74 Å². The summed E-state index contributed by atoms with van der Waals surface area (Å²) < 4.78 is 19.0. The topological polar surface area (TPSA) is 74.4 Å². The van der Waals surface area contributed by atoms with Gasteiger partial charge in [0, 0.05) is 23.1 Å². The fraction of sp³-hybridized carbons (Fsp3) is 0.429. The van der Waals surface area contributed by atoms with Gasteiger partial charge in [0.15, 0.2) is 0 Å². The molecule has 2 aliphatic rings. The lowest BCUT2D eigenvalue weighted by molar-refractivity contribution is -0.145. The van der Waals surface area contributed by atoms with E-state index in [2.05, 4.69) is 16.4 Å². The van der Waals surface area contributed by atoms with Crippen molar-refractivity contribution < 1.29 is 18.7 Å². The molecule has 1 saturated carbocycles. The monoisotopic (exact) mass is 477 g/mol. The number of aromatic amines is 1. The first-order chi connectivity index (χ1) is 17.0. The van der Waals surface area contributed by atoms with Crippen molar-refractivity contribution in [2.45, 2.75) is 63.5 Å². The van der Waals surface area contributed by atoms with Crippen LogP contribution in [-0.2, 0) is 16.0 Å². The Balaban J connectivity index is 1.50. The average Bonchev–Trinajstić information content (AvgIpc) is 3.23. The molecule has 1 aromatic heterocycles. The van der Waals surface area contributed by atoms with Gasteiger partial charge in [0.2, 0.25) is 0 Å². The van der Waals surface area contributed by atoms with Gasteiger partial charge in [0.05, 0.1) is 24.6 Å². The van der Waals surface area contributed by atoms with E-state index < -0.39 is 5.54 Å². The standard InChI is InChI=1S/C28H32FN3O3/c1-2-35-24(33)18-28(15-6-3-7-16-28)31-27(34)32-17-14-22-21-8-4-5-9-23(21)30-25(22)26(32)19-10-12-20(29)13-11-19/h4-5,8-13,26,30H,2-3,6-7,14-18H2,1H3,(H,31,34). The molecule has 3 aromatic rings.